The van der Waals surface area contributed by atoms with E-state index < -0.39 is 5.41 Å². The second-order valence-corrected chi connectivity index (χ2v) is 12.3. The van der Waals surface area contributed by atoms with Crippen molar-refractivity contribution < 1.29 is 34.7 Å². The molecule has 1 N–H and O–H groups in total. The summed E-state index contributed by atoms with van der Waals surface area (Å²) in [6, 6.07) is 19.6. The smallest absolute Gasteiger partial charge is 0.164 e. The van der Waals surface area contributed by atoms with Crippen molar-refractivity contribution in [2.75, 3.05) is 0 Å². The summed E-state index contributed by atoms with van der Waals surface area (Å²) in [5.74, 6) is 0.104. The normalized spacial score (nSPS) is 12.6. The van der Waals surface area contributed by atoms with Gasteiger partial charge in [0, 0.05) is 48.9 Å². The Bertz CT molecular complexity index is 1410. The van der Waals surface area contributed by atoms with Crippen LogP contribution in [0.3, 0.4) is 0 Å². The van der Waals surface area contributed by atoms with E-state index in [1.807, 2.05) is 72.0 Å². The molecule has 0 bridgehead atoms. The third-order valence-corrected chi connectivity index (χ3v) is 6.00. The summed E-state index contributed by atoms with van der Waals surface area (Å²) in [6.07, 6.45) is 3.20. The van der Waals surface area contributed by atoms with Gasteiger partial charge >= 0.3 is 0 Å². The Morgan fingerprint density at radius 1 is 0.919 bits per heavy atom. The Morgan fingerprint density at radius 3 is 2.16 bits per heavy atom. The molecule has 200 valence electrons. The molecule has 0 aliphatic carbocycles. The molecule has 0 aliphatic heterocycles. The summed E-state index contributed by atoms with van der Waals surface area (Å²) in [5.41, 5.74) is 4.15. The first-order valence-corrected chi connectivity index (χ1v) is 12.3. The third kappa shape index (κ3) is 7.40. The summed E-state index contributed by atoms with van der Waals surface area (Å²) in [6.45, 7) is 17.7. The molecule has 0 saturated heterocycles. The molecule has 0 radical (unpaired) electrons. The number of aromatic nitrogens is 1. The Balaban J connectivity index is 0.000000299. The number of hydrogen-bond acceptors (Lipinski definition) is 4. The molecule has 0 spiro atoms. The van der Waals surface area contributed by atoms with Crippen molar-refractivity contribution in [1.29, 1.82) is 0 Å². The summed E-state index contributed by atoms with van der Waals surface area (Å²) in [4.78, 5) is 16.0. The number of allylic oxidation sites excluding steroid dienone is 2. The molecule has 4 rings (SSSR count). The van der Waals surface area contributed by atoms with Crippen molar-refractivity contribution in [1.82, 2.24) is 4.98 Å². The molecule has 2 aromatic carbocycles. The molecule has 0 amide bonds. The third-order valence-electron chi connectivity index (χ3n) is 6.00. The van der Waals surface area contributed by atoms with Crippen molar-refractivity contribution in [3.05, 3.63) is 78.2 Å². The van der Waals surface area contributed by atoms with E-state index in [0.29, 0.717) is 0 Å². The van der Waals surface area contributed by atoms with E-state index in [4.69, 9.17) is 4.42 Å². The van der Waals surface area contributed by atoms with Crippen LogP contribution in [0, 0.1) is 16.9 Å². The van der Waals surface area contributed by atoms with Gasteiger partial charge in [0.05, 0.1) is 5.58 Å². The molecular weight excluding hydrogens is 553 g/mol. The van der Waals surface area contributed by atoms with Crippen LogP contribution in [-0.4, -0.2) is 15.9 Å². The summed E-state index contributed by atoms with van der Waals surface area (Å²) in [7, 11) is 0. The number of carbonyl (C=O) groups excluding carboxylic acids is 1. The topological polar surface area (TPSA) is 63.3 Å². The van der Waals surface area contributed by atoms with Gasteiger partial charge in [-0.25, -0.2) is 0 Å². The number of para-hydroxylation sites is 1. The maximum atomic E-state index is 11.5. The van der Waals surface area contributed by atoms with Gasteiger partial charge in [0.25, 0.3) is 0 Å². The van der Waals surface area contributed by atoms with Crippen LogP contribution in [0.25, 0.3) is 33.2 Å². The van der Waals surface area contributed by atoms with Crippen molar-refractivity contribution in [2.45, 2.75) is 67.7 Å². The van der Waals surface area contributed by atoms with E-state index in [0.717, 1.165) is 33.2 Å². The van der Waals surface area contributed by atoms with Crippen LogP contribution in [0.5, 0.6) is 0 Å². The van der Waals surface area contributed by atoms with E-state index >= 15 is 0 Å². The molecule has 2 heterocycles. The van der Waals surface area contributed by atoms with Gasteiger partial charge < -0.3 is 14.5 Å². The molecule has 4 aromatic rings. The largest absolute Gasteiger partial charge is 0.512 e. The number of aliphatic hydroxyl groups is 1. The zero-order valence-corrected chi connectivity index (χ0v) is 24.9. The number of furan rings is 1. The molecular formula is C32H38NO3Pd-. The first-order valence-electron chi connectivity index (χ1n) is 12.3. The average Bonchev–Trinajstić information content (AvgIpc) is 3.16. The standard InChI is InChI=1S/C21H18NO.C11H20O2.Pd/c1-21(2,3)14-11-12-22-18(13-14)17-9-6-8-16-15-7-4-5-10-19(15)23-20(16)17;1-10(2,3)8(12)7-9(13)11(4,5)6;/h4-8,10-13H,1-3H3;7,12H,1-6H3;/q-1;;/b;8-7-;. The number of carbonyl (C=O) groups is 1. The van der Waals surface area contributed by atoms with Crippen LogP contribution in [0.15, 0.2) is 71.0 Å². The molecule has 0 saturated carbocycles. The number of fused-ring (bicyclic) bond motifs is 3. The Morgan fingerprint density at radius 2 is 1.57 bits per heavy atom. The molecule has 0 fully saturated rings. The van der Waals surface area contributed by atoms with Gasteiger partial charge in [0.2, 0.25) is 0 Å². The molecule has 5 heteroatoms. The minimum atomic E-state index is -0.417. The maximum absolute atomic E-state index is 11.5. The SMILES string of the molecule is CC(C)(C)C(=O)/C=C(\O)C(C)(C)C.CC(C)(C)c1ccnc(-c2[c-]ccc3c2oc2ccccc23)c1.[Pd]. The van der Waals surface area contributed by atoms with Crippen LogP contribution in [0.1, 0.15) is 67.9 Å². The number of rotatable bonds is 2. The first kappa shape index (κ1) is 30.5. The summed E-state index contributed by atoms with van der Waals surface area (Å²) >= 11 is 0. The molecule has 0 aliphatic rings. The van der Waals surface area contributed by atoms with Gasteiger partial charge in [-0.3, -0.25) is 4.79 Å². The monoisotopic (exact) mass is 590 g/mol. The summed E-state index contributed by atoms with van der Waals surface area (Å²) in [5, 5.41) is 11.8. The van der Waals surface area contributed by atoms with Gasteiger partial charge in [-0.05, 0) is 28.8 Å². The number of pyridine rings is 1. The zero-order valence-electron chi connectivity index (χ0n) is 23.3. The van der Waals surface area contributed by atoms with Crippen molar-refractivity contribution in [3.8, 4) is 11.3 Å². The van der Waals surface area contributed by atoms with Gasteiger partial charge in [-0.1, -0.05) is 97.5 Å². The number of aliphatic hydroxyl groups excluding tert-OH is 1. The molecule has 2 aromatic heterocycles. The van der Waals surface area contributed by atoms with Gasteiger partial charge in [-0.2, -0.15) is 0 Å². The van der Waals surface area contributed by atoms with Crippen LogP contribution >= 0.6 is 0 Å². The maximum Gasteiger partial charge on any atom is 0.164 e. The zero-order chi connectivity index (χ0) is 26.9. The summed E-state index contributed by atoms with van der Waals surface area (Å²) < 4.78 is 6.09. The van der Waals surface area contributed by atoms with E-state index in [-0.39, 0.29) is 42.8 Å². The molecule has 37 heavy (non-hydrogen) atoms. The van der Waals surface area contributed by atoms with Crippen molar-refractivity contribution in [3.63, 3.8) is 0 Å². The van der Waals surface area contributed by atoms with Gasteiger partial charge in [-0.15, -0.1) is 18.2 Å². The predicted molar refractivity (Wildman–Crippen MR) is 149 cm³/mol. The Kier molecular flexibility index (Phi) is 9.34. The second kappa shape index (κ2) is 11.3. The minimum absolute atomic E-state index is 0. The predicted octanol–water partition coefficient (Wildman–Crippen LogP) is 8.83. The molecule has 0 atom stereocenters. The number of ketones is 1. The van der Waals surface area contributed by atoms with E-state index in [9.17, 15) is 9.90 Å². The number of nitrogens with zero attached hydrogens (tertiary/aromatic N) is 1. The molecule has 0 unspecified atom stereocenters. The van der Waals surface area contributed by atoms with Gasteiger partial charge in [0.15, 0.2) is 5.78 Å². The second-order valence-electron chi connectivity index (χ2n) is 12.3. The quantitative estimate of drug-likeness (QED) is 0.110. The number of hydrogen-bond donors (Lipinski definition) is 1. The minimum Gasteiger partial charge on any atom is -0.512 e. The fourth-order valence-electron chi connectivity index (χ4n) is 3.47. The van der Waals surface area contributed by atoms with Gasteiger partial charge in [0.1, 0.15) is 11.3 Å². The molecule has 4 nitrogen and oxygen atoms in total. The van der Waals surface area contributed by atoms with Crippen LogP contribution in [0.4, 0.5) is 0 Å². The van der Waals surface area contributed by atoms with Crippen molar-refractivity contribution >= 4 is 27.7 Å². The van der Waals surface area contributed by atoms with Crippen LogP contribution in [0.2, 0.25) is 0 Å². The van der Waals surface area contributed by atoms with Crippen LogP contribution < -0.4 is 0 Å². The van der Waals surface area contributed by atoms with Crippen molar-refractivity contribution in [2.24, 2.45) is 10.8 Å². The fourth-order valence-corrected chi connectivity index (χ4v) is 3.47. The van der Waals surface area contributed by atoms with Crippen LogP contribution in [-0.2, 0) is 30.6 Å². The average molecular weight is 591 g/mol. The Hall–Kier alpha value is -2.74. The van der Waals surface area contributed by atoms with E-state index in [1.165, 1.54) is 11.6 Å². The first-order chi connectivity index (χ1) is 16.6. The number of benzene rings is 2. The van der Waals surface area contributed by atoms with E-state index in [1.54, 1.807) is 0 Å². The van der Waals surface area contributed by atoms with E-state index in [2.05, 4.69) is 56.1 Å². The Labute approximate surface area is 234 Å². The fraction of sp³-hybridized carbons (Fsp3) is 0.375.